The van der Waals surface area contributed by atoms with Crippen molar-refractivity contribution in [2.45, 2.75) is 19.3 Å². The Morgan fingerprint density at radius 2 is 1.61 bits per heavy atom. The summed E-state index contributed by atoms with van der Waals surface area (Å²) in [6, 6.07) is 31.7. The number of fused-ring (bicyclic) bond motifs is 4. The Labute approximate surface area is 238 Å². The molecule has 6 heteroatoms. The molecule has 0 aliphatic heterocycles. The predicted octanol–water partition coefficient (Wildman–Crippen LogP) is 8.26. The van der Waals surface area contributed by atoms with Gasteiger partial charge < -0.3 is 14.7 Å². The van der Waals surface area contributed by atoms with Crippen LogP contribution in [0.4, 0.5) is 11.5 Å². The number of nitrogens with zero attached hydrogens (tertiary/aromatic N) is 4. The van der Waals surface area contributed by atoms with Crippen LogP contribution in [0.5, 0.6) is 17.4 Å². The second kappa shape index (κ2) is 9.45. The third-order valence-electron chi connectivity index (χ3n) is 7.95. The highest BCUT2D eigenvalue weighted by atomic mass is 16.5. The number of rotatable bonds is 5. The number of ether oxygens (including phenoxy) is 1. The Hall–Kier alpha value is -5.23. The van der Waals surface area contributed by atoms with Crippen LogP contribution < -0.4 is 9.64 Å². The van der Waals surface area contributed by atoms with E-state index in [2.05, 4.69) is 48.1 Å². The van der Waals surface area contributed by atoms with Gasteiger partial charge in [-0.1, -0.05) is 68.4 Å². The number of pyridine rings is 3. The molecule has 1 aliphatic carbocycles. The van der Waals surface area contributed by atoms with Gasteiger partial charge in [0.25, 0.3) is 0 Å². The number of hydrogen-bond donors (Lipinski definition) is 1. The van der Waals surface area contributed by atoms with Crippen molar-refractivity contribution in [2.75, 3.05) is 11.9 Å². The molecule has 0 saturated heterocycles. The van der Waals surface area contributed by atoms with Crippen molar-refractivity contribution in [3.05, 3.63) is 121 Å². The van der Waals surface area contributed by atoms with Gasteiger partial charge in [-0.05, 0) is 52.9 Å². The Kier molecular flexibility index (Phi) is 5.71. The molecule has 1 N–H and O–H groups in total. The van der Waals surface area contributed by atoms with Gasteiger partial charge >= 0.3 is 0 Å². The lowest BCUT2D eigenvalue weighted by Crippen LogP contribution is -2.14. The molecular formula is C35H28N4O2. The quantitative estimate of drug-likeness (QED) is 0.239. The van der Waals surface area contributed by atoms with E-state index in [-0.39, 0.29) is 11.2 Å². The van der Waals surface area contributed by atoms with Crippen LogP contribution in [0.2, 0.25) is 0 Å². The van der Waals surface area contributed by atoms with Gasteiger partial charge in [-0.15, -0.1) is 0 Å². The maximum atomic E-state index is 10.7. The van der Waals surface area contributed by atoms with E-state index in [0.29, 0.717) is 11.6 Å². The Balaban J connectivity index is 1.19. The van der Waals surface area contributed by atoms with E-state index in [9.17, 15) is 5.11 Å². The summed E-state index contributed by atoms with van der Waals surface area (Å²) < 4.78 is 6.23. The van der Waals surface area contributed by atoms with Gasteiger partial charge in [0.2, 0.25) is 5.88 Å². The van der Waals surface area contributed by atoms with E-state index < -0.39 is 0 Å². The van der Waals surface area contributed by atoms with Crippen LogP contribution in [0, 0.1) is 0 Å². The Morgan fingerprint density at radius 3 is 2.51 bits per heavy atom. The van der Waals surface area contributed by atoms with Crippen LogP contribution in [-0.2, 0) is 5.41 Å². The lowest BCUT2D eigenvalue weighted by molar-refractivity contribution is 0.463. The first-order chi connectivity index (χ1) is 19.9. The molecular weight excluding hydrogens is 508 g/mol. The van der Waals surface area contributed by atoms with Crippen LogP contribution in [-0.4, -0.2) is 27.1 Å². The molecule has 0 saturated carbocycles. The fourth-order valence-electron chi connectivity index (χ4n) is 5.77. The highest BCUT2D eigenvalue weighted by Crippen LogP contribution is 2.51. The largest absolute Gasteiger partial charge is 0.507 e. The summed E-state index contributed by atoms with van der Waals surface area (Å²) in [5.41, 5.74) is 6.24. The van der Waals surface area contributed by atoms with Gasteiger partial charge in [0.15, 0.2) is 0 Å². The first-order valence-corrected chi connectivity index (χ1v) is 13.6. The minimum absolute atomic E-state index is 0.231. The molecule has 6 nitrogen and oxygen atoms in total. The van der Waals surface area contributed by atoms with Gasteiger partial charge in [-0.25, -0.2) is 15.0 Å². The summed E-state index contributed by atoms with van der Waals surface area (Å²) in [7, 11) is 1.99. The third-order valence-corrected chi connectivity index (χ3v) is 7.95. The minimum Gasteiger partial charge on any atom is -0.507 e. The molecule has 0 spiro atoms. The Bertz CT molecular complexity index is 1940. The first kappa shape index (κ1) is 24.8. The van der Waals surface area contributed by atoms with Crippen molar-refractivity contribution in [3.8, 4) is 39.9 Å². The zero-order chi connectivity index (χ0) is 28.1. The SMILES string of the molecule is CN(c1ccnc(Oc2cccc(-c3ccc4c(n3)-c3c(O)cccc3C4(C)C)c2)c1)c1nccc2ccccc12. The second-order valence-corrected chi connectivity index (χ2v) is 10.8. The molecule has 1 aliphatic rings. The standard InChI is InChI=1S/C35H28N4O2/c1-35(2)27-12-7-13-30(40)32(27)33-28(35)14-15-29(38-33)23-9-6-10-25(20-23)41-31-21-24(17-19-36-31)39(3)34-26-11-5-4-8-22(26)16-18-37-34/h4-21,40H,1-3H3. The average Bonchev–Trinajstić information content (AvgIpc) is 3.23. The molecule has 0 fully saturated rings. The molecule has 6 aromatic rings. The first-order valence-electron chi connectivity index (χ1n) is 13.6. The molecule has 41 heavy (non-hydrogen) atoms. The van der Waals surface area contributed by atoms with Crippen molar-refractivity contribution in [3.63, 3.8) is 0 Å². The highest BCUT2D eigenvalue weighted by molar-refractivity contribution is 5.93. The minimum atomic E-state index is -0.231. The average molecular weight is 537 g/mol. The van der Waals surface area contributed by atoms with Crippen LogP contribution in [0.25, 0.3) is 33.3 Å². The number of aromatic hydroxyl groups is 1. The molecule has 0 radical (unpaired) electrons. The Morgan fingerprint density at radius 1 is 0.780 bits per heavy atom. The van der Waals surface area contributed by atoms with Gasteiger partial charge in [0.1, 0.15) is 17.3 Å². The third kappa shape index (κ3) is 4.16. The monoisotopic (exact) mass is 536 g/mol. The normalized spacial score (nSPS) is 13.0. The summed E-state index contributed by atoms with van der Waals surface area (Å²) in [6.07, 6.45) is 3.57. The van der Waals surface area contributed by atoms with Gasteiger partial charge in [0, 0.05) is 53.1 Å². The van der Waals surface area contributed by atoms with Crippen molar-refractivity contribution in [1.29, 1.82) is 0 Å². The molecule has 3 aromatic carbocycles. The smallest absolute Gasteiger partial charge is 0.221 e. The van der Waals surface area contributed by atoms with Gasteiger partial charge in [0.05, 0.1) is 11.4 Å². The molecule has 3 heterocycles. The van der Waals surface area contributed by atoms with E-state index in [1.165, 1.54) is 0 Å². The molecule has 200 valence electrons. The molecule has 0 atom stereocenters. The molecule has 7 rings (SSSR count). The van der Waals surface area contributed by atoms with Crippen LogP contribution in [0.3, 0.4) is 0 Å². The maximum absolute atomic E-state index is 10.7. The molecule has 0 unspecified atom stereocenters. The molecule has 0 amide bonds. The van der Waals surface area contributed by atoms with Gasteiger partial charge in [-0.3, -0.25) is 0 Å². The fraction of sp³-hybridized carbons (Fsp3) is 0.114. The number of phenols is 1. The van der Waals surface area contributed by atoms with Crippen molar-refractivity contribution < 1.29 is 9.84 Å². The van der Waals surface area contributed by atoms with Crippen molar-refractivity contribution in [2.24, 2.45) is 0 Å². The van der Waals surface area contributed by atoms with Crippen LogP contribution in [0.1, 0.15) is 25.0 Å². The van der Waals surface area contributed by atoms with E-state index in [0.717, 1.165) is 55.9 Å². The number of hydrogen-bond acceptors (Lipinski definition) is 6. The van der Waals surface area contributed by atoms with Crippen molar-refractivity contribution in [1.82, 2.24) is 15.0 Å². The summed E-state index contributed by atoms with van der Waals surface area (Å²) in [6.45, 7) is 4.34. The van der Waals surface area contributed by atoms with Crippen LogP contribution >= 0.6 is 0 Å². The molecule has 0 bridgehead atoms. The van der Waals surface area contributed by atoms with E-state index in [1.807, 2.05) is 84.9 Å². The fourth-order valence-corrected chi connectivity index (χ4v) is 5.77. The highest BCUT2D eigenvalue weighted by Gasteiger charge is 2.38. The van der Waals surface area contributed by atoms with E-state index in [1.54, 1.807) is 12.3 Å². The predicted molar refractivity (Wildman–Crippen MR) is 163 cm³/mol. The summed E-state index contributed by atoms with van der Waals surface area (Å²) in [4.78, 5) is 16.2. The molecule has 3 aromatic heterocycles. The van der Waals surface area contributed by atoms with Crippen LogP contribution in [0.15, 0.2) is 109 Å². The van der Waals surface area contributed by atoms with E-state index in [4.69, 9.17) is 9.72 Å². The lowest BCUT2D eigenvalue weighted by atomic mass is 9.83. The summed E-state index contributed by atoms with van der Waals surface area (Å²) >= 11 is 0. The zero-order valence-corrected chi connectivity index (χ0v) is 23.0. The second-order valence-electron chi connectivity index (χ2n) is 10.8. The summed E-state index contributed by atoms with van der Waals surface area (Å²) in [5, 5.41) is 12.9. The van der Waals surface area contributed by atoms with E-state index >= 15 is 0 Å². The number of benzene rings is 3. The maximum Gasteiger partial charge on any atom is 0.221 e. The number of phenolic OH excluding ortho intramolecular Hbond substituents is 1. The van der Waals surface area contributed by atoms with Gasteiger partial charge in [-0.2, -0.15) is 0 Å². The topological polar surface area (TPSA) is 71.4 Å². The number of aromatic nitrogens is 3. The zero-order valence-electron chi connectivity index (χ0n) is 23.0. The van der Waals surface area contributed by atoms with Crippen molar-refractivity contribution >= 4 is 22.3 Å². The lowest BCUT2D eigenvalue weighted by Gasteiger charge is -2.21. The summed E-state index contributed by atoms with van der Waals surface area (Å²) in [5.74, 6) is 2.25. The number of anilines is 2.